The van der Waals surface area contributed by atoms with Crippen LogP contribution in [0.25, 0.3) is 0 Å². The lowest BCUT2D eigenvalue weighted by atomic mass is 10.1. The fourth-order valence-corrected chi connectivity index (χ4v) is 4.91. The number of carbonyl (C=O) groups excluding carboxylic acids is 4. The highest BCUT2D eigenvalue weighted by molar-refractivity contribution is 5.84. The summed E-state index contributed by atoms with van der Waals surface area (Å²) in [7, 11) is 0. The van der Waals surface area contributed by atoms with Crippen LogP contribution in [0, 0.1) is 34.5 Å². The molecule has 2 rings (SSSR count). The van der Waals surface area contributed by atoms with Crippen molar-refractivity contribution in [3.8, 4) is 0 Å². The topological polar surface area (TPSA) is 86.7 Å². The van der Waals surface area contributed by atoms with Crippen molar-refractivity contribution in [3.63, 3.8) is 0 Å². The Labute approximate surface area is 193 Å². The van der Waals surface area contributed by atoms with Gasteiger partial charge in [0.25, 0.3) is 0 Å². The highest BCUT2D eigenvalue weighted by Gasteiger charge is 2.63. The fraction of sp³-hybridized carbons (Fsp3) is 0.846. The van der Waals surface area contributed by atoms with Gasteiger partial charge < -0.3 is 19.1 Å². The Morgan fingerprint density at radius 1 is 0.594 bits per heavy atom. The maximum absolute atomic E-state index is 12.0. The number of carbonyl (C=O) groups is 4. The van der Waals surface area contributed by atoms with Crippen molar-refractivity contribution in [2.24, 2.45) is 34.5 Å². The zero-order valence-electron chi connectivity index (χ0n) is 20.4. The van der Waals surface area contributed by atoms with Gasteiger partial charge in [-0.15, -0.1) is 0 Å². The van der Waals surface area contributed by atoms with Gasteiger partial charge >= 0.3 is 11.9 Å². The lowest BCUT2D eigenvalue weighted by Gasteiger charge is -2.06. The van der Waals surface area contributed by atoms with E-state index >= 15 is 0 Å². The van der Waals surface area contributed by atoms with E-state index < -0.39 is 0 Å². The van der Waals surface area contributed by atoms with Crippen LogP contribution in [0.3, 0.4) is 0 Å². The van der Waals surface area contributed by atoms with Crippen LogP contribution in [0.5, 0.6) is 0 Å². The zero-order chi connectivity index (χ0) is 23.8. The second-order valence-corrected chi connectivity index (χ2v) is 10.8. The summed E-state index contributed by atoms with van der Waals surface area (Å²) in [5.41, 5.74) is -0.477. The molecule has 32 heavy (non-hydrogen) atoms. The number of ether oxygens (including phenoxy) is 2. The molecule has 0 heterocycles. The summed E-state index contributed by atoms with van der Waals surface area (Å²) >= 11 is 0. The normalized spacial score (nSPS) is 26.8. The lowest BCUT2D eigenvalue weighted by molar-refractivity contribution is -0.147. The van der Waals surface area contributed by atoms with Crippen LogP contribution >= 0.6 is 0 Å². The SMILES string of the molecule is CC1(C)[C@H](C(=O)OCCCCCCCCCCCCOC(=O)[C@@H]2[C@H](C=O)C2(C)C)[C@@H]1C=O. The summed E-state index contributed by atoms with van der Waals surface area (Å²) in [5.74, 6) is -1.32. The minimum atomic E-state index is -0.257. The van der Waals surface area contributed by atoms with Gasteiger partial charge in [0.2, 0.25) is 0 Å². The molecule has 0 aromatic carbocycles. The molecule has 4 atom stereocenters. The molecule has 2 saturated carbocycles. The predicted molar refractivity (Wildman–Crippen MR) is 122 cm³/mol. The van der Waals surface area contributed by atoms with E-state index in [0.29, 0.717) is 13.2 Å². The van der Waals surface area contributed by atoms with Crippen molar-refractivity contribution >= 4 is 24.5 Å². The first-order valence-electron chi connectivity index (χ1n) is 12.4. The molecular formula is C26H42O6. The molecule has 6 nitrogen and oxygen atoms in total. The van der Waals surface area contributed by atoms with Gasteiger partial charge in [-0.25, -0.2) is 0 Å². The molecule has 6 heteroatoms. The molecular weight excluding hydrogens is 408 g/mol. The van der Waals surface area contributed by atoms with Crippen LogP contribution in [0.4, 0.5) is 0 Å². The van der Waals surface area contributed by atoms with Gasteiger partial charge in [-0.3, -0.25) is 9.59 Å². The first-order chi connectivity index (χ1) is 15.2. The number of aldehydes is 2. The highest BCUT2D eigenvalue weighted by Crippen LogP contribution is 2.58. The number of esters is 2. The molecule has 0 unspecified atom stereocenters. The largest absolute Gasteiger partial charge is 0.465 e. The minimum absolute atomic E-state index is 0.184. The second-order valence-electron chi connectivity index (χ2n) is 10.8. The Hall–Kier alpha value is -1.72. The Kier molecular flexibility index (Phi) is 9.90. The number of unbranched alkanes of at least 4 members (excludes halogenated alkanes) is 9. The molecule has 2 aliphatic carbocycles. The van der Waals surface area contributed by atoms with Gasteiger partial charge in [0.1, 0.15) is 12.6 Å². The number of hydrogen-bond donors (Lipinski definition) is 0. The van der Waals surface area contributed by atoms with E-state index in [0.717, 1.165) is 51.1 Å². The van der Waals surface area contributed by atoms with Gasteiger partial charge in [0.15, 0.2) is 0 Å². The molecule has 0 aromatic rings. The molecule has 0 aromatic heterocycles. The molecule has 0 saturated heterocycles. The highest BCUT2D eigenvalue weighted by atomic mass is 16.5. The van der Waals surface area contributed by atoms with E-state index in [4.69, 9.17) is 9.47 Å². The van der Waals surface area contributed by atoms with Gasteiger partial charge in [-0.05, 0) is 23.7 Å². The molecule has 0 radical (unpaired) electrons. The number of hydrogen-bond acceptors (Lipinski definition) is 6. The summed E-state index contributed by atoms with van der Waals surface area (Å²) in [6.07, 6.45) is 12.8. The standard InChI is InChI=1S/C26H42O6/c1-25(2)19(17-27)21(25)23(29)31-15-13-11-9-7-5-6-8-10-12-14-16-32-24(30)22-20(18-28)26(22,3)4/h17-22H,5-16H2,1-4H3/t19-,20-,21-,22-/m0/s1. The van der Waals surface area contributed by atoms with Gasteiger partial charge in [-0.1, -0.05) is 79.1 Å². The maximum atomic E-state index is 12.0. The average molecular weight is 451 g/mol. The molecule has 0 spiro atoms. The Morgan fingerprint density at radius 2 is 0.875 bits per heavy atom. The van der Waals surface area contributed by atoms with Gasteiger partial charge in [-0.2, -0.15) is 0 Å². The molecule has 0 bridgehead atoms. The molecule has 0 N–H and O–H groups in total. The first kappa shape index (κ1) is 26.5. The Morgan fingerprint density at radius 3 is 1.12 bits per heavy atom. The third-order valence-corrected chi connectivity index (χ3v) is 7.65. The van der Waals surface area contributed by atoms with Crippen molar-refractivity contribution < 1.29 is 28.7 Å². The molecule has 0 amide bonds. The van der Waals surface area contributed by atoms with Crippen molar-refractivity contribution in [1.29, 1.82) is 0 Å². The summed E-state index contributed by atoms with van der Waals surface area (Å²) in [6, 6.07) is 0. The fourth-order valence-electron chi connectivity index (χ4n) is 4.91. The molecule has 2 aliphatic rings. The van der Waals surface area contributed by atoms with Crippen LogP contribution in [0.1, 0.15) is 91.9 Å². The maximum Gasteiger partial charge on any atom is 0.310 e. The summed E-state index contributed by atoms with van der Waals surface area (Å²) in [5, 5.41) is 0. The van der Waals surface area contributed by atoms with Crippen molar-refractivity contribution in [2.45, 2.75) is 91.9 Å². The quantitative estimate of drug-likeness (QED) is 0.178. The zero-order valence-corrected chi connectivity index (χ0v) is 20.4. The van der Waals surface area contributed by atoms with Crippen LogP contribution < -0.4 is 0 Å². The van der Waals surface area contributed by atoms with Crippen LogP contribution in [-0.4, -0.2) is 37.7 Å². The predicted octanol–water partition coefficient (Wildman–Crippen LogP) is 4.92. The Balaban J connectivity index is 1.32. The smallest absolute Gasteiger partial charge is 0.310 e. The van der Waals surface area contributed by atoms with Crippen molar-refractivity contribution in [1.82, 2.24) is 0 Å². The average Bonchev–Trinajstić information content (AvgIpc) is 3.53. The van der Waals surface area contributed by atoms with E-state index in [2.05, 4.69) is 0 Å². The Bertz CT molecular complexity index is 597. The third kappa shape index (κ3) is 6.89. The van der Waals surface area contributed by atoms with Gasteiger partial charge in [0, 0.05) is 11.8 Å². The molecule has 2 fully saturated rings. The second kappa shape index (κ2) is 11.9. The summed E-state index contributed by atoms with van der Waals surface area (Å²) < 4.78 is 10.7. The first-order valence-corrected chi connectivity index (χ1v) is 12.4. The van der Waals surface area contributed by atoms with Crippen LogP contribution in [-0.2, 0) is 28.7 Å². The van der Waals surface area contributed by atoms with Crippen molar-refractivity contribution in [2.75, 3.05) is 13.2 Å². The van der Waals surface area contributed by atoms with E-state index in [1.165, 1.54) is 25.7 Å². The minimum Gasteiger partial charge on any atom is -0.465 e. The van der Waals surface area contributed by atoms with Crippen molar-refractivity contribution in [3.05, 3.63) is 0 Å². The molecule has 0 aliphatic heterocycles. The summed E-state index contributed by atoms with van der Waals surface area (Å²) in [4.78, 5) is 45.9. The third-order valence-electron chi connectivity index (χ3n) is 7.65. The van der Waals surface area contributed by atoms with Gasteiger partial charge in [0.05, 0.1) is 25.0 Å². The summed E-state index contributed by atoms with van der Waals surface area (Å²) in [6.45, 7) is 8.66. The lowest BCUT2D eigenvalue weighted by Crippen LogP contribution is -2.11. The van der Waals surface area contributed by atoms with E-state index in [1.807, 2.05) is 27.7 Å². The number of rotatable bonds is 17. The van der Waals surface area contributed by atoms with Crippen LogP contribution in [0.2, 0.25) is 0 Å². The molecule has 182 valence electrons. The van der Waals surface area contributed by atoms with E-state index in [-0.39, 0.29) is 46.4 Å². The van der Waals surface area contributed by atoms with E-state index in [1.54, 1.807) is 0 Å². The van der Waals surface area contributed by atoms with Crippen LogP contribution in [0.15, 0.2) is 0 Å². The van der Waals surface area contributed by atoms with E-state index in [9.17, 15) is 19.2 Å². The monoisotopic (exact) mass is 450 g/mol.